The van der Waals surface area contributed by atoms with Gasteiger partial charge < -0.3 is 40.7 Å². The Bertz CT molecular complexity index is 472. The molecule has 0 aromatic rings. The molecule has 10 nitrogen and oxygen atoms in total. The normalized spacial score (nSPS) is 33.4. The van der Waals surface area contributed by atoms with Crippen LogP contribution in [0.5, 0.6) is 0 Å². The predicted octanol–water partition coefficient (Wildman–Crippen LogP) is -2.98. The van der Waals surface area contributed by atoms with Crippen LogP contribution in [-0.2, 0) is 19.1 Å². The molecule has 0 aromatic carbocycles. The molecule has 0 aromatic heterocycles. The van der Waals surface area contributed by atoms with Gasteiger partial charge in [-0.3, -0.25) is 9.59 Å². The Morgan fingerprint density at radius 1 is 1.40 bits per heavy atom. The summed E-state index contributed by atoms with van der Waals surface area (Å²) in [5.74, 6) is -4.69. The fraction of sp³-hybridized carbons (Fsp3) is 0.867. The van der Waals surface area contributed by atoms with E-state index in [1.807, 2.05) is 0 Å². The number of aliphatic hydroxyl groups excluding tert-OH is 4. The van der Waals surface area contributed by atoms with Crippen molar-refractivity contribution in [1.82, 2.24) is 0 Å². The number of esters is 1. The van der Waals surface area contributed by atoms with Gasteiger partial charge in [0.2, 0.25) is 5.79 Å². The van der Waals surface area contributed by atoms with Gasteiger partial charge in [-0.05, 0) is 6.92 Å². The molecule has 1 fully saturated rings. The Balaban J connectivity index is 2.76. The van der Waals surface area contributed by atoms with Gasteiger partial charge in [-0.1, -0.05) is 0 Å². The summed E-state index contributed by atoms with van der Waals surface area (Å²) in [4.78, 5) is 23.0. The third-order valence-corrected chi connectivity index (χ3v) is 4.23. The van der Waals surface area contributed by atoms with Gasteiger partial charge in [-0.2, -0.15) is 0 Å². The monoisotopic (exact) mass is 365 g/mol. The first-order valence-corrected chi connectivity index (χ1v) is 8.00. The third-order valence-electron chi connectivity index (χ3n) is 4.23. The molecule has 0 radical (unpaired) electrons. The molecule has 7 atom stereocenters. The lowest BCUT2D eigenvalue weighted by Gasteiger charge is -2.44. The summed E-state index contributed by atoms with van der Waals surface area (Å²) >= 11 is 0. The number of aliphatic hydroxyl groups is 5. The zero-order valence-electron chi connectivity index (χ0n) is 14.2. The number of hydrogen-bond donors (Lipinski definition) is 6. The minimum Gasteiger partial charge on any atom is -0.462 e. The van der Waals surface area contributed by atoms with E-state index >= 15 is 0 Å². The maximum absolute atomic E-state index is 11.6. The topological polar surface area (TPSA) is 180 Å². The fourth-order valence-corrected chi connectivity index (χ4v) is 2.80. The van der Waals surface area contributed by atoms with E-state index in [0.717, 1.165) is 6.92 Å². The van der Waals surface area contributed by atoms with Gasteiger partial charge >= 0.3 is 5.97 Å². The molecule has 0 saturated carbocycles. The SMILES string of the molecule is CC(=O)C1(O)CC(O)C(C(C)O)C(C[C@H](O)COC(=O)[C@@H](N)CO)O1. The van der Waals surface area contributed by atoms with E-state index in [1.54, 1.807) is 0 Å². The number of Topliss-reactive ketones (excluding diaryl/α,β-unsaturated/α-hetero) is 1. The van der Waals surface area contributed by atoms with Crippen molar-refractivity contribution < 1.29 is 44.6 Å². The fourth-order valence-electron chi connectivity index (χ4n) is 2.80. The second kappa shape index (κ2) is 8.99. The summed E-state index contributed by atoms with van der Waals surface area (Å²) in [5.41, 5.74) is 5.27. The van der Waals surface area contributed by atoms with Crippen LogP contribution in [0.3, 0.4) is 0 Å². The average molecular weight is 365 g/mol. The molecular formula is C15H27NO9. The van der Waals surface area contributed by atoms with Gasteiger partial charge in [0.05, 0.1) is 31.0 Å². The van der Waals surface area contributed by atoms with E-state index in [1.165, 1.54) is 6.92 Å². The minimum atomic E-state index is -2.22. The molecule has 5 unspecified atom stereocenters. The van der Waals surface area contributed by atoms with Crippen LogP contribution < -0.4 is 5.73 Å². The lowest BCUT2D eigenvalue weighted by Crippen LogP contribution is -2.58. The van der Waals surface area contributed by atoms with E-state index in [9.17, 15) is 30.0 Å². The van der Waals surface area contributed by atoms with Crippen molar-refractivity contribution in [3.05, 3.63) is 0 Å². The molecular weight excluding hydrogens is 338 g/mol. The first kappa shape index (κ1) is 21.9. The second-order valence-corrected chi connectivity index (χ2v) is 6.39. The average Bonchev–Trinajstić information content (AvgIpc) is 2.50. The van der Waals surface area contributed by atoms with Crippen LogP contribution in [0.4, 0.5) is 0 Å². The van der Waals surface area contributed by atoms with Crippen LogP contribution in [0.25, 0.3) is 0 Å². The molecule has 0 aliphatic carbocycles. The van der Waals surface area contributed by atoms with Crippen molar-refractivity contribution in [1.29, 1.82) is 0 Å². The highest BCUT2D eigenvalue weighted by molar-refractivity contribution is 5.83. The Hall–Kier alpha value is -1.14. The highest BCUT2D eigenvalue weighted by Crippen LogP contribution is 2.36. The molecule has 10 heteroatoms. The first-order chi connectivity index (χ1) is 11.5. The van der Waals surface area contributed by atoms with Gasteiger partial charge in [0, 0.05) is 25.7 Å². The Morgan fingerprint density at radius 3 is 2.48 bits per heavy atom. The third kappa shape index (κ3) is 5.68. The molecule has 7 N–H and O–H groups in total. The highest BCUT2D eigenvalue weighted by atomic mass is 16.6. The van der Waals surface area contributed by atoms with Crippen molar-refractivity contribution in [2.45, 2.75) is 62.9 Å². The van der Waals surface area contributed by atoms with E-state index in [4.69, 9.17) is 20.3 Å². The van der Waals surface area contributed by atoms with Crippen LogP contribution in [0.15, 0.2) is 0 Å². The second-order valence-electron chi connectivity index (χ2n) is 6.39. The molecule has 1 aliphatic heterocycles. The quantitative estimate of drug-likeness (QED) is 0.243. The van der Waals surface area contributed by atoms with Crippen LogP contribution in [0, 0.1) is 5.92 Å². The van der Waals surface area contributed by atoms with Crippen molar-refractivity contribution in [2.24, 2.45) is 11.7 Å². The number of nitrogens with two attached hydrogens (primary N) is 1. The molecule has 1 aliphatic rings. The summed E-state index contributed by atoms with van der Waals surface area (Å²) < 4.78 is 10.1. The summed E-state index contributed by atoms with van der Waals surface area (Å²) in [5, 5.41) is 49.0. The van der Waals surface area contributed by atoms with E-state index in [0.29, 0.717) is 0 Å². The molecule has 146 valence electrons. The van der Waals surface area contributed by atoms with Crippen LogP contribution >= 0.6 is 0 Å². The molecule has 1 saturated heterocycles. The maximum Gasteiger partial charge on any atom is 0.325 e. The minimum absolute atomic E-state index is 0.218. The van der Waals surface area contributed by atoms with E-state index in [2.05, 4.69) is 0 Å². The van der Waals surface area contributed by atoms with E-state index < -0.39 is 73.5 Å². The number of hydrogen-bond acceptors (Lipinski definition) is 10. The summed E-state index contributed by atoms with van der Waals surface area (Å²) in [6, 6.07) is -1.23. The van der Waals surface area contributed by atoms with Gasteiger partial charge in [-0.25, -0.2) is 0 Å². The number of ether oxygens (including phenoxy) is 2. The first-order valence-electron chi connectivity index (χ1n) is 8.00. The molecule has 1 rings (SSSR count). The van der Waals surface area contributed by atoms with Crippen LogP contribution in [0.2, 0.25) is 0 Å². The summed E-state index contributed by atoms with van der Waals surface area (Å²) in [6.07, 6.45) is -5.20. The van der Waals surface area contributed by atoms with Crippen molar-refractivity contribution in [3.63, 3.8) is 0 Å². The van der Waals surface area contributed by atoms with E-state index in [-0.39, 0.29) is 6.42 Å². The standard InChI is InChI=1S/C15H27NO9/c1-7(18)13-11(21)4-15(23,8(2)19)25-12(13)3-9(20)6-24-14(22)10(16)5-17/h7,9-13,17-18,20-21,23H,3-6,16H2,1-2H3/t7?,9-,10-,11?,12?,13?,15?/m0/s1. The van der Waals surface area contributed by atoms with Gasteiger partial charge in [0.1, 0.15) is 12.6 Å². The summed E-state index contributed by atoms with van der Waals surface area (Å²) in [7, 11) is 0. The van der Waals surface area contributed by atoms with Crippen molar-refractivity contribution >= 4 is 11.8 Å². The van der Waals surface area contributed by atoms with Crippen molar-refractivity contribution in [2.75, 3.05) is 13.2 Å². The lowest BCUT2D eigenvalue weighted by molar-refractivity contribution is -0.285. The largest absolute Gasteiger partial charge is 0.462 e. The smallest absolute Gasteiger partial charge is 0.325 e. The zero-order chi connectivity index (χ0) is 19.4. The maximum atomic E-state index is 11.6. The number of rotatable bonds is 8. The Labute approximate surface area is 145 Å². The molecule has 1 heterocycles. The lowest BCUT2D eigenvalue weighted by atomic mass is 9.81. The van der Waals surface area contributed by atoms with Gasteiger partial charge in [-0.15, -0.1) is 0 Å². The van der Waals surface area contributed by atoms with Gasteiger partial charge in [0.25, 0.3) is 0 Å². The molecule has 25 heavy (non-hydrogen) atoms. The summed E-state index contributed by atoms with van der Waals surface area (Å²) in [6.45, 7) is 1.44. The van der Waals surface area contributed by atoms with Crippen LogP contribution in [0.1, 0.15) is 26.7 Å². The van der Waals surface area contributed by atoms with Crippen molar-refractivity contribution in [3.8, 4) is 0 Å². The molecule has 0 spiro atoms. The Morgan fingerprint density at radius 2 is 2.00 bits per heavy atom. The molecule has 0 bridgehead atoms. The zero-order valence-corrected chi connectivity index (χ0v) is 14.2. The number of ketones is 1. The molecule has 0 amide bonds. The number of carbonyl (C=O) groups is 2. The van der Waals surface area contributed by atoms with Gasteiger partial charge in [0.15, 0.2) is 5.78 Å². The number of carbonyl (C=O) groups excluding carboxylic acids is 2. The highest BCUT2D eigenvalue weighted by Gasteiger charge is 2.50. The predicted molar refractivity (Wildman–Crippen MR) is 82.9 cm³/mol. The van der Waals surface area contributed by atoms with Crippen LogP contribution in [-0.4, -0.2) is 86.7 Å². The Kier molecular flexibility index (Phi) is 7.88.